The van der Waals surface area contributed by atoms with E-state index in [1.54, 1.807) is 11.3 Å². The first-order valence-corrected chi connectivity index (χ1v) is 10.9. The van der Waals surface area contributed by atoms with Crippen LogP contribution in [0.2, 0.25) is 0 Å². The van der Waals surface area contributed by atoms with Crippen LogP contribution in [0.1, 0.15) is 45.8 Å². The highest BCUT2D eigenvalue weighted by Gasteiger charge is 2.21. The van der Waals surface area contributed by atoms with Gasteiger partial charge in [-0.25, -0.2) is 0 Å². The lowest BCUT2D eigenvalue weighted by atomic mass is 9.90. The third-order valence-electron chi connectivity index (χ3n) is 4.68. The first-order valence-electron chi connectivity index (χ1n) is 9.14. The molecule has 0 aromatic carbocycles. The van der Waals surface area contributed by atoms with Crippen LogP contribution in [0.15, 0.2) is 27.4 Å². The van der Waals surface area contributed by atoms with E-state index in [2.05, 4.69) is 27.9 Å². The topological polar surface area (TPSA) is 97.1 Å². The number of aryl methyl sites for hydroxylation is 2. The third kappa shape index (κ3) is 4.31. The molecule has 4 rings (SSSR count). The van der Waals surface area contributed by atoms with Crippen molar-refractivity contribution in [3.8, 4) is 11.4 Å². The molecule has 28 heavy (non-hydrogen) atoms. The minimum atomic E-state index is -0.307. The number of nitrogens with one attached hydrogen (secondary N) is 2. The van der Waals surface area contributed by atoms with Gasteiger partial charge in [-0.1, -0.05) is 12.1 Å². The molecule has 9 heteroatoms. The highest BCUT2D eigenvalue weighted by atomic mass is 32.1. The highest BCUT2D eigenvalue weighted by Crippen LogP contribution is 2.32. The number of rotatable bonds is 5. The smallest absolute Gasteiger partial charge is 0.279 e. The highest BCUT2D eigenvalue weighted by molar-refractivity contribution is 7.14. The Morgan fingerprint density at radius 1 is 1.36 bits per heavy atom. The standard InChI is InChI=1S/C19H20N4O3S2/c1-11-2-3-14-13(8-11)9-15(28-14)19(25)22-21-16(24)4-5-17-20-18(23-26-17)12-6-7-27-10-12/h6-7,9-11H,2-5,8H2,1H3,(H,21,24)(H,22,25)/t11-/m1/s1. The minimum Gasteiger partial charge on any atom is -0.339 e. The van der Waals surface area contributed by atoms with Crippen molar-refractivity contribution in [3.05, 3.63) is 44.1 Å². The summed E-state index contributed by atoms with van der Waals surface area (Å²) < 4.78 is 5.17. The number of carbonyl (C=O) groups is 2. The molecular formula is C19H20N4O3S2. The van der Waals surface area contributed by atoms with Gasteiger partial charge in [0.1, 0.15) is 0 Å². The zero-order valence-electron chi connectivity index (χ0n) is 15.4. The van der Waals surface area contributed by atoms with Gasteiger partial charge in [0.25, 0.3) is 5.91 Å². The number of nitrogens with zero attached hydrogens (tertiary/aromatic N) is 2. The minimum absolute atomic E-state index is 0.143. The van der Waals surface area contributed by atoms with E-state index in [1.165, 1.54) is 21.8 Å². The molecule has 2 amide bonds. The van der Waals surface area contributed by atoms with Crippen molar-refractivity contribution in [1.29, 1.82) is 0 Å². The van der Waals surface area contributed by atoms with Gasteiger partial charge in [-0.15, -0.1) is 11.3 Å². The van der Waals surface area contributed by atoms with Crippen LogP contribution < -0.4 is 10.9 Å². The summed E-state index contributed by atoms with van der Waals surface area (Å²) in [5.74, 6) is 0.975. The van der Waals surface area contributed by atoms with Gasteiger partial charge in [0.15, 0.2) is 0 Å². The van der Waals surface area contributed by atoms with Gasteiger partial charge in [-0.2, -0.15) is 16.3 Å². The van der Waals surface area contributed by atoms with Crippen LogP contribution in [0.25, 0.3) is 11.4 Å². The van der Waals surface area contributed by atoms with Crippen LogP contribution in [-0.4, -0.2) is 22.0 Å². The number of aromatic nitrogens is 2. The van der Waals surface area contributed by atoms with E-state index in [4.69, 9.17) is 4.52 Å². The van der Waals surface area contributed by atoms with Crippen LogP contribution in [0, 0.1) is 5.92 Å². The van der Waals surface area contributed by atoms with E-state index in [0.717, 1.165) is 24.8 Å². The van der Waals surface area contributed by atoms with Gasteiger partial charge in [0.2, 0.25) is 17.6 Å². The third-order valence-corrected chi connectivity index (χ3v) is 6.60. The molecular weight excluding hydrogens is 396 g/mol. The number of hydrogen-bond donors (Lipinski definition) is 2. The monoisotopic (exact) mass is 416 g/mol. The maximum Gasteiger partial charge on any atom is 0.279 e. The van der Waals surface area contributed by atoms with Crippen LogP contribution >= 0.6 is 22.7 Å². The van der Waals surface area contributed by atoms with Crippen molar-refractivity contribution in [3.63, 3.8) is 0 Å². The first-order chi connectivity index (χ1) is 13.6. The van der Waals surface area contributed by atoms with E-state index in [9.17, 15) is 9.59 Å². The average molecular weight is 417 g/mol. The fraction of sp³-hybridized carbons (Fsp3) is 0.368. The lowest BCUT2D eigenvalue weighted by Crippen LogP contribution is -2.41. The number of amides is 2. The Kier molecular flexibility index (Phi) is 5.54. The predicted molar refractivity (Wildman–Crippen MR) is 107 cm³/mol. The Labute approximate surface area is 170 Å². The molecule has 0 fully saturated rings. The summed E-state index contributed by atoms with van der Waals surface area (Å²) in [6, 6.07) is 3.85. The molecule has 3 aromatic rings. The molecule has 7 nitrogen and oxygen atoms in total. The van der Waals surface area contributed by atoms with Gasteiger partial charge < -0.3 is 4.52 Å². The zero-order valence-corrected chi connectivity index (χ0v) is 17.0. The molecule has 146 valence electrons. The second kappa shape index (κ2) is 8.24. The Balaban J connectivity index is 1.25. The fourth-order valence-electron chi connectivity index (χ4n) is 3.15. The number of hydrogen-bond acceptors (Lipinski definition) is 7. The molecule has 0 saturated carbocycles. The molecule has 0 bridgehead atoms. The lowest BCUT2D eigenvalue weighted by molar-refractivity contribution is -0.121. The first kappa shape index (κ1) is 18.8. The Hall–Kier alpha value is -2.52. The van der Waals surface area contributed by atoms with Gasteiger partial charge in [0, 0.05) is 28.7 Å². The SMILES string of the molecule is C[C@@H]1CCc2sc(C(=O)NNC(=O)CCc3nc(-c4ccsc4)no3)cc2C1. The largest absolute Gasteiger partial charge is 0.339 e. The predicted octanol–water partition coefficient (Wildman–Crippen LogP) is 3.38. The number of carbonyl (C=O) groups excluding carboxylic acids is 2. The summed E-state index contributed by atoms with van der Waals surface area (Å²) >= 11 is 3.07. The Morgan fingerprint density at radius 3 is 3.07 bits per heavy atom. The molecule has 0 radical (unpaired) electrons. The van der Waals surface area contributed by atoms with Crippen molar-refractivity contribution in [2.75, 3.05) is 0 Å². The quantitative estimate of drug-likeness (QED) is 0.622. The summed E-state index contributed by atoms with van der Waals surface area (Å²) in [4.78, 5) is 30.5. The van der Waals surface area contributed by atoms with E-state index < -0.39 is 0 Å². The van der Waals surface area contributed by atoms with Crippen LogP contribution in [0.3, 0.4) is 0 Å². The number of hydrazine groups is 1. The van der Waals surface area contributed by atoms with Gasteiger partial charge in [-0.3, -0.25) is 20.4 Å². The van der Waals surface area contributed by atoms with Gasteiger partial charge in [0.05, 0.1) is 4.88 Å². The summed E-state index contributed by atoms with van der Waals surface area (Å²) in [6.45, 7) is 2.23. The second-order valence-electron chi connectivity index (χ2n) is 6.93. The van der Waals surface area contributed by atoms with E-state index in [0.29, 0.717) is 28.9 Å². The summed E-state index contributed by atoms with van der Waals surface area (Å²) in [5.41, 5.74) is 7.10. The van der Waals surface area contributed by atoms with Crippen LogP contribution in [0.5, 0.6) is 0 Å². The van der Waals surface area contributed by atoms with E-state index in [1.807, 2.05) is 22.9 Å². The molecule has 0 spiro atoms. The molecule has 1 atom stereocenters. The van der Waals surface area contributed by atoms with E-state index in [-0.39, 0.29) is 18.2 Å². The molecule has 1 aliphatic carbocycles. The van der Waals surface area contributed by atoms with Crippen LogP contribution in [-0.2, 0) is 24.1 Å². The molecule has 0 aliphatic heterocycles. The summed E-state index contributed by atoms with van der Waals surface area (Å²) in [5, 5.41) is 7.78. The van der Waals surface area contributed by atoms with Gasteiger partial charge >= 0.3 is 0 Å². The average Bonchev–Trinajstić information content (AvgIpc) is 3.43. The molecule has 3 aromatic heterocycles. The molecule has 3 heterocycles. The second-order valence-corrected chi connectivity index (χ2v) is 8.85. The Bertz CT molecular complexity index is 977. The zero-order chi connectivity index (χ0) is 19.5. The Morgan fingerprint density at radius 2 is 2.25 bits per heavy atom. The molecule has 0 unspecified atom stereocenters. The molecule has 2 N–H and O–H groups in total. The van der Waals surface area contributed by atoms with E-state index >= 15 is 0 Å². The van der Waals surface area contributed by atoms with Crippen molar-refractivity contribution in [2.45, 2.75) is 39.0 Å². The summed E-state index contributed by atoms with van der Waals surface area (Å²) in [7, 11) is 0. The van der Waals surface area contributed by atoms with Crippen LogP contribution in [0.4, 0.5) is 0 Å². The van der Waals surface area contributed by atoms with Crippen molar-refractivity contribution in [1.82, 2.24) is 21.0 Å². The maximum absolute atomic E-state index is 12.3. The maximum atomic E-state index is 12.3. The van der Waals surface area contributed by atoms with Crippen molar-refractivity contribution < 1.29 is 14.1 Å². The fourth-order valence-corrected chi connectivity index (χ4v) is 4.89. The van der Waals surface area contributed by atoms with Crippen molar-refractivity contribution in [2.24, 2.45) is 5.92 Å². The van der Waals surface area contributed by atoms with Gasteiger partial charge in [-0.05, 0) is 48.3 Å². The normalized spacial score (nSPS) is 15.8. The lowest BCUT2D eigenvalue weighted by Gasteiger charge is -2.16. The number of fused-ring (bicyclic) bond motifs is 1. The van der Waals surface area contributed by atoms with Crippen molar-refractivity contribution >= 4 is 34.5 Å². The molecule has 1 aliphatic rings. The molecule has 0 saturated heterocycles. The summed E-state index contributed by atoms with van der Waals surface area (Å²) in [6.07, 6.45) is 3.66. The number of thiophene rings is 2.